The minimum atomic E-state index is -0.568. The predicted octanol–water partition coefficient (Wildman–Crippen LogP) is 1.77. The Morgan fingerprint density at radius 3 is 2.43 bits per heavy atom. The molecular formula is C13H16BN3O4. The first-order valence-electron chi connectivity index (χ1n) is 6.69. The molecule has 0 radical (unpaired) electrons. The molecule has 0 spiro atoms. The van der Waals surface area contributed by atoms with Gasteiger partial charge in [-0.3, -0.25) is 15.2 Å². The minimum Gasteiger partial charge on any atom is -0.398 e. The lowest BCUT2D eigenvalue weighted by Gasteiger charge is -2.32. The van der Waals surface area contributed by atoms with Crippen molar-refractivity contribution in [3.63, 3.8) is 0 Å². The number of hydrogen-bond donors (Lipinski definition) is 1. The Kier molecular flexibility index (Phi) is 2.86. The third kappa shape index (κ3) is 2.11. The number of H-pyrrole nitrogens is 1. The van der Waals surface area contributed by atoms with E-state index < -0.39 is 23.2 Å². The standard InChI is InChI=1S/C13H16BN3O4/c1-12(2)13(3,4)21-14(20-12)11-9-6-5-8(17(18)19)7-10(9)15-16-11/h5-7H,1-4H3,(H,15,16). The Bertz CT molecular complexity index is 709. The Labute approximate surface area is 121 Å². The van der Waals surface area contributed by atoms with Crippen LogP contribution in [-0.2, 0) is 9.31 Å². The molecule has 0 bridgehead atoms. The summed E-state index contributed by atoms with van der Waals surface area (Å²) in [5, 5.41) is 18.5. The second-order valence-corrected chi connectivity index (χ2v) is 6.18. The quantitative estimate of drug-likeness (QED) is 0.517. The summed E-state index contributed by atoms with van der Waals surface area (Å²) < 4.78 is 11.9. The average Bonchev–Trinajstić information content (AvgIpc) is 2.87. The topological polar surface area (TPSA) is 90.3 Å². The number of rotatable bonds is 2. The summed E-state index contributed by atoms with van der Waals surface area (Å²) in [6, 6.07) is 4.55. The molecule has 110 valence electrons. The largest absolute Gasteiger partial charge is 0.514 e. The number of aromatic amines is 1. The highest BCUT2D eigenvalue weighted by Gasteiger charge is 2.52. The molecule has 3 rings (SSSR count). The number of nitro groups is 1. The summed E-state index contributed by atoms with van der Waals surface area (Å²) in [4.78, 5) is 10.4. The van der Waals surface area contributed by atoms with Crippen LogP contribution in [0.25, 0.3) is 10.9 Å². The van der Waals surface area contributed by atoms with Gasteiger partial charge in [0.15, 0.2) is 0 Å². The molecule has 0 atom stereocenters. The summed E-state index contributed by atoms with van der Waals surface area (Å²) in [6.07, 6.45) is 0. The van der Waals surface area contributed by atoms with Gasteiger partial charge in [0, 0.05) is 17.5 Å². The number of hydrogen-bond acceptors (Lipinski definition) is 5. The van der Waals surface area contributed by atoms with Crippen molar-refractivity contribution >= 4 is 29.3 Å². The fraction of sp³-hybridized carbons (Fsp3) is 0.462. The Morgan fingerprint density at radius 2 is 1.86 bits per heavy atom. The van der Waals surface area contributed by atoms with Gasteiger partial charge in [-0.2, -0.15) is 5.10 Å². The molecule has 1 aliphatic rings. The van der Waals surface area contributed by atoms with Gasteiger partial charge in [0.25, 0.3) is 5.69 Å². The van der Waals surface area contributed by atoms with Crippen molar-refractivity contribution in [2.75, 3.05) is 0 Å². The van der Waals surface area contributed by atoms with Gasteiger partial charge in [-0.05, 0) is 33.8 Å². The SMILES string of the molecule is CC1(C)OB(c2[nH]nc3cc([N+](=O)[O-])ccc23)OC1(C)C. The summed E-state index contributed by atoms with van der Waals surface area (Å²) in [5.74, 6) is 0. The van der Waals surface area contributed by atoms with Crippen molar-refractivity contribution < 1.29 is 14.2 Å². The van der Waals surface area contributed by atoms with Crippen LogP contribution in [0.5, 0.6) is 0 Å². The second-order valence-electron chi connectivity index (χ2n) is 6.18. The van der Waals surface area contributed by atoms with Crippen molar-refractivity contribution in [1.29, 1.82) is 0 Å². The molecule has 1 N–H and O–H groups in total. The number of aromatic nitrogens is 2. The van der Waals surface area contributed by atoms with E-state index in [4.69, 9.17) is 9.31 Å². The Hall–Kier alpha value is -1.93. The highest BCUT2D eigenvalue weighted by Crippen LogP contribution is 2.36. The van der Waals surface area contributed by atoms with Crippen molar-refractivity contribution in [2.24, 2.45) is 0 Å². The van der Waals surface area contributed by atoms with Crippen molar-refractivity contribution in [2.45, 2.75) is 38.9 Å². The van der Waals surface area contributed by atoms with Gasteiger partial charge in [-0.25, -0.2) is 0 Å². The van der Waals surface area contributed by atoms with Crippen LogP contribution in [0.4, 0.5) is 5.69 Å². The van der Waals surface area contributed by atoms with Crippen LogP contribution in [0.1, 0.15) is 27.7 Å². The number of nitrogens with one attached hydrogen (secondary N) is 1. The number of benzene rings is 1. The predicted molar refractivity (Wildman–Crippen MR) is 78.5 cm³/mol. The van der Waals surface area contributed by atoms with Gasteiger partial charge in [0.2, 0.25) is 0 Å². The van der Waals surface area contributed by atoms with E-state index in [0.717, 1.165) is 5.39 Å². The summed E-state index contributed by atoms with van der Waals surface area (Å²) in [7, 11) is -0.568. The molecule has 1 fully saturated rings. The van der Waals surface area contributed by atoms with E-state index in [1.54, 1.807) is 6.07 Å². The van der Waals surface area contributed by atoms with E-state index in [1.165, 1.54) is 12.1 Å². The van der Waals surface area contributed by atoms with E-state index in [2.05, 4.69) is 10.2 Å². The monoisotopic (exact) mass is 289 g/mol. The molecule has 1 aromatic carbocycles. The van der Waals surface area contributed by atoms with Crippen molar-refractivity contribution in [1.82, 2.24) is 10.2 Å². The normalized spacial score (nSPS) is 20.1. The summed E-state index contributed by atoms with van der Waals surface area (Å²) in [6.45, 7) is 7.87. The van der Waals surface area contributed by atoms with E-state index in [1.807, 2.05) is 27.7 Å². The van der Waals surface area contributed by atoms with E-state index in [-0.39, 0.29) is 5.69 Å². The van der Waals surface area contributed by atoms with E-state index in [0.29, 0.717) is 11.1 Å². The van der Waals surface area contributed by atoms with Crippen LogP contribution in [-0.4, -0.2) is 33.4 Å². The smallest absolute Gasteiger partial charge is 0.398 e. The number of fused-ring (bicyclic) bond motifs is 1. The Morgan fingerprint density at radius 1 is 1.24 bits per heavy atom. The van der Waals surface area contributed by atoms with E-state index in [9.17, 15) is 10.1 Å². The molecule has 1 aliphatic heterocycles. The zero-order valence-electron chi connectivity index (χ0n) is 12.3. The van der Waals surface area contributed by atoms with Crippen molar-refractivity contribution in [3.8, 4) is 0 Å². The average molecular weight is 289 g/mol. The van der Waals surface area contributed by atoms with Crippen LogP contribution in [0.15, 0.2) is 18.2 Å². The lowest BCUT2D eigenvalue weighted by molar-refractivity contribution is -0.384. The molecule has 1 saturated heterocycles. The van der Waals surface area contributed by atoms with Crippen LogP contribution in [0.2, 0.25) is 0 Å². The van der Waals surface area contributed by atoms with Crippen LogP contribution < -0.4 is 5.59 Å². The van der Waals surface area contributed by atoms with E-state index >= 15 is 0 Å². The highest BCUT2D eigenvalue weighted by molar-refractivity contribution is 6.64. The van der Waals surface area contributed by atoms with Crippen LogP contribution in [0, 0.1) is 10.1 Å². The van der Waals surface area contributed by atoms with Gasteiger partial charge in [-0.1, -0.05) is 0 Å². The molecule has 2 heterocycles. The van der Waals surface area contributed by atoms with Gasteiger partial charge in [-0.15, -0.1) is 0 Å². The molecule has 0 aliphatic carbocycles. The summed E-state index contributed by atoms with van der Waals surface area (Å²) in [5.41, 5.74) is 0.313. The number of non-ortho nitro benzene ring substituents is 1. The van der Waals surface area contributed by atoms with Gasteiger partial charge < -0.3 is 9.31 Å². The molecule has 2 aromatic rings. The summed E-state index contributed by atoms with van der Waals surface area (Å²) >= 11 is 0. The molecule has 1 aromatic heterocycles. The minimum absolute atomic E-state index is 0.00877. The first-order chi connectivity index (χ1) is 9.71. The zero-order valence-corrected chi connectivity index (χ0v) is 12.3. The van der Waals surface area contributed by atoms with Crippen molar-refractivity contribution in [3.05, 3.63) is 28.3 Å². The highest BCUT2D eigenvalue weighted by atomic mass is 16.7. The van der Waals surface area contributed by atoms with Gasteiger partial charge in [0.1, 0.15) is 0 Å². The molecule has 8 heteroatoms. The maximum absolute atomic E-state index is 10.8. The fourth-order valence-electron chi connectivity index (χ4n) is 2.28. The molecule has 0 saturated carbocycles. The maximum Gasteiger partial charge on any atom is 0.514 e. The zero-order chi connectivity index (χ0) is 15.4. The third-order valence-electron chi connectivity index (χ3n) is 4.27. The molecule has 7 nitrogen and oxygen atoms in total. The molecule has 0 unspecified atom stereocenters. The maximum atomic E-state index is 10.8. The van der Waals surface area contributed by atoms with Gasteiger partial charge >= 0.3 is 7.12 Å². The second kappa shape index (κ2) is 4.28. The first kappa shape index (κ1) is 14.0. The Balaban J connectivity index is 2.01. The van der Waals surface area contributed by atoms with Gasteiger partial charge in [0.05, 0.1) is 27.2 Å². The number of nitrogens with zero attached hydrogens (tertiary/aromatic N) is 2. The fourth-order valence-corrected chi connectivity index (χ4v) is 2.28. The van der Waals surface area contributed by atoms with Crippen LogP contribution in [0.3, 0.4) is 0 Å². The lowest BCUT2D eigenvalue weighted by atomic mass is 9.82. The molecule has 0 amide bonds. The third-order valence-corrected chi connectivity index (χ3v) is 4.27. The lowest BCUT2D eigenvalue weighted by Crippen LogP contribution is -2.41. The first-order valence-corrected chi connectivity index (χ1v) is 6.69. The number of nitro benzene ring substituents is 1. The molecule has 21 heavy (non-hydrogen) atoms. The van der Waals surface area contributed by atoms with Crippen LogP contribution >= 0.6 is 0 Å². The molecular weight excluding hydrogens is 273 g/mol.